The van der Waals surface area contributed by atoms with Gasteiger partial charge in [0.25, 0.3) is 0 Å². The summed E-state index contributed by atoms with van der Waals surface area (Å²) < 4.78 is 1.92. The highest BCUT2D eigenvalue weighted by Gasteiger charge is 2.18. The van der Waals surface area contributed by atoms with Crippen molar-refractivity contribution in [3.05, 3.63) is 12.2 Å². The topological polar surface area (TPSA) is 54.2 Å². The van der Waals surface area contributed by atoms with Crippen molar-refractivity contribution in [2.75, 3.05) is 13.1 Å². The van der Waals surface area contributed by atoms with E-state index in [2.05, 4.69) is 15.1 Å². The summed E-state index contributed by atoms with van der Waals surface area (Å²) in [6.07, 6.45) is 3.53. The van der Waals surface area contributed by atoms with Crippen LogP contribution in [0.25, 0.3) is 0 Å². The normalized spacial score (nSPS) is 24.0. The lowest BCUT2D eigenvalue weighted by atomic mass is 10.1. The van der Waals surface area contributed by atoms with Crippen LogP contribution >= 0.6 is 0 Å². The molecule has 1 atom stereocenters. The first-order chi connectivity index (χ1) is 6.75. The number of aryl methyl sites for hydroxylation is 1. The Labute approximate surface area is 83.4 Å². The second kappa shape index (κ2) is 4.06. The molecule has 1 N–H and O–H groups in total. The molecule has 1 fully saturated rings. The van der Waals surface area contributed by atoms with E-state index in [9.17, 15) is 5.11 Å². The molecule has 0 amide bonds. The average Bonchev–Trinajstić information content (AvgIpc) is 2.52. The van der Waals surface area contributed by atoms with Crippen LogP contribution in [0.1, 0.15) is 18.7 Å². The van der Waals surface area contributed by atoms with E-state index >= 15 is 0 Å². The van der Waals surface area contributed by atoms with E-state index in [-0.39, 0.29) is 6.10 Å². The molecule has 1 aliphatic heterocycles. The van der Waals surface area contributed by atoms with Gasteiger partial charge in [-0.2, -0.15) is 0 Å². The molecule has 2 heterocycles. The summed E-state index contributed by atoms with van der Waals surface area (Å²) in [5, 5.41) is 17.3. The Balaban J connectivity index is 1.94. The molecule has 0 radical (unpaired) electrons. The molecule has 5 heteroatoms. The minimum atomic E-state index is -0.169. The van der Waals surface area contributed by atoms with Gasteiger partial charge in [-0.25, -0.2) is 0 Å². The van der Waals surface area contributed by atoms with Crippen molar-refractivity contribution in [1.82, 2.24) is 19.7 Å². The number of rotatable bonds is 2. The van der Waals surface area contributed by atoms with E-state index in [1.807, 2.05) is 11.6 Å². The zero-order chi connectivity index (χ0) is 9.97. The van der Waals surface area contributed by atoms with E-state index < -0.39 is 0 Å². The van der Waals surface area contributed by atoms with Gasteiger partial charge in [-0.3, -0.25) is 4.90 Å². The molecule has 14 heavy (non-hydrogen) atoms. The molecule has 1 saturated heterocycles. The zero-order valence-corrected chi connectivity index (χ0v) is 8.43. The second-order valence-corrected chi connectivity index (χ2v) is 3.89. The third kappa shape index (κ3) is 2.10. The quantitative estimate of drug-likeness (QED) is 0.710. The lowest BCUT2D eigenvalue weighted by Gasteiger charge is -2.29. The zero-order valence-electron chi connectivity index (χ0n) is 8.43. The Bertz CT molecular complexity index is 299. The van der Waals surface area contributed by atoms with E-state index in [4.69, 9.17) is 0 Å². The Morgan fingerprint density at radius 1 is 1.64 bits per heavy atom. The maximum atomic E-state index is 9.49. The first-order valence-corrected chi connectivity index (χ1v) is 4.99. The Morgan fingerprint density at radius 3 is 3.14 bits per heavy atom. The predicted octanol–water partition coefficient (Wildman–Crippen LogP) is -0.228. The van der Waals surface area contributed by atoms with Crippen LogP contribution < -0.4 is 0 Å². The number of aliphatic hydroxyl groups excluding tert-OH is 1. The summed E-state index contributed by atoms with van der Waals surface area (Å²) >= 11 is 0. The Hall–Kier alpha value is -0.940. The average molecular weight is 196 g/mol. The molecular weight excluding hydrogens is 180 g/mol. The molecular formula is C9H16N4O. The molecule has 0 bridgehead atoms. The number of β-amino-alcohol motifs (C(OH)–C–C–N with tert-alkyl or cyclic N) is 1. The van der Waals surface area contributed by atoms with Gasteiger partial charge in [0.15, 0.2) is 0 Å². The van der Waals surface area contributed by atoms with Crippen molar-refractivity contribution in [3.8, 4) is 0 Å². The van der Waals surface area contributed by atoms with Gasteiger partial charge in [0.2, 0.25) is 0 Å². The van der Waals surface area contributed by atoms with Gasteiger partial charge >= 0.3 is 0 Å². The van der Waals surface area contributed by atoms with E-state index in [1.54, 1.807) is 6.33 Å². The van der Waals surface area contributed by atoms with Crippen LogP contribution in [0.3, 0.4) is 0 Å². The smallest absolute Gasteiger partial charge is 0.146 e. The maximum Gasteiger partial charge on any atom is 0.146 e. The van der Waals surface area contributed by atoms with E-state index in [0.717, 1.165) is 38.3 Å². The van der Waals surface area contributed by atoms with Crippen molar-refractivity contribution in [1.29, 1.82) is 0 Å². The molecule has 0 saturated carbocycles. The second-order valence-electron chi connectivity index (χ2n) is 3.89. The summed E-state index contributed by atoms with van der Waals surface area (Å²) in [6, 6.07) is 0. The highest BCUT2D eigenvalue weighted by molar-refractivity contribution is 4.85. The molecule has 5 nitrogen and oxygen atoms in total. The lowest BCUT2D eigenvalue weighted by molar-refractivity contribution is 0.0650. The van der Waals surface area contributed by atoms with Crippen LogP contribution in [0, 0.1) is 0 Å². The molecule has 1 aromatic heterocycles. The fraction of sp³-hybridized carbons (Fsp3) is 0.778. The first kappa shape index (κ1) is 9.61. The van der Waals surface area contributed by atoms with Gasteiger partial charge < -0.3 is 9.67 Å². The summed E-state index contributed by atoms with van der Waals surface area (Å²) in [4.78, 5) is 2.22. The molecule has 0 spiro atoms. The molecule has 1 aliphatic rings. The van der Waals surface area contributed by atoms with Gasteiger partial charge in [0, 0.05) is 13.6 Å². The lowest BCUT2D eigenvalue weighted by Crippen LogP contribution is -2.38. The SMILES string of the molecule is Cn1cnnc1CN1CCC[C@H](O)C1. The van der Waals surface area contributed by atoms with Crippen molar-refractivity contribution in [2.24, 2.45) is 7.05 Å². The number of likely N-dealkylation sites (tertiary alicyclic amines) is 1. The van der Waals surface area contributed by atoms with E-state index in [0.29, 0.717) is 0 Å². The van der Waals surface area contributed by atoms with Crippen molar-refractivity contribution in [2.45, 2.75) is 25.5 Å². The minimum Gasteiger partial charge on any atom is -0.392 e. The van der Waals surface area contributed by atoms with Crippen LogP contribution in [-0.4, -0.2) is 44.0 Å². The predicted molar refractivity (Wildman–Crippen MR) is 51.5 cm³/mol. The van der Waals surface area contributed by atoms with Crippen LogP contribution in [0.2, 0.25) is 0 Å². The number of aliphatic hydroxyl groups is 1. The molecule has 78 valence electrons. The van der Waals surface area contributed by atoms with Gasteiger partial charge in [0.05, 0.1) is 12.6 Å². The molecule has 0 unspecified atom stereocenters. The Morgan fingerprint density at radius 2 is 2.50 bits per heavy atom. The largest absolute Gasteiger partial charge is 0.392 e. The number of piperidine rings is 1. The van der Waals surface area contributed by atoms with Gasteiger partial charge in [-0.05, 0) is 19.4 Å². The van der Waals surface area contributed by atoms with Gasteiger partial charge in [0.1, 0.15) is 12.2 Å². The number of aromatic nitrogens is 3. The van der Waals surface area contributed by atoms with Crippen molar-refractivity contribution >= 4 is 0 Å². The summed E-state index contributed by atoms with van der Waals surface area (Å²) in [5.74, 6) is 0.958. The monoisotopic (exact) mass is 196 g/mol. The molecule has 1 aromatic rings. The first-order valence-electron chi connectivity index (χ1n) is 4.99. The Kier molecular flexibility index (Phi) is 2.79. The van der Waals surface area contributed by atoms with Crippen LogP contribution in [0.5, 0.6) is 0 Å². The molecule has 2 rings (SSSR count). The molecule has 0 aliphatic carbocycles. The van der Waals surface area contributed by atoms with E-state index in [1.165, 1.54) is 0 Å². The fourth-order valence-electron chi connectivity index (χ4n) is 1.83. The van der Waals surface area contributed by atoms with Crippen molar-refractivity contribution in [3.63, 3.8) is 0 Å². The summed E-state index contributed by atoms with van der Waals surface area (Å²) in [6.45, 7) is 2.59. The van der Waals surface area contributed by atoms with Crippen molar-refractivity contribution < 1.29 is 5.11 Å². The summed E-state index contributed by atoms with van der Waals surface area (Å²) in [5.41, 5.74) is 0. The maximum absolute atomic E-state index is 9.49. The summed E-state index contributed by atoms with van der Waals surface area (Å²) in [7, 11) is 1.94. The van der Waals surface area contributed by atoms with Crippen LogP contribution in [0.4, 0.5) is 0 Å². The number of hydrogen-bond donors (Lipinski definition) is 1. The van der Waals surface area contributed by atoms with Gasteiger partial charge in [-0.1, -0.05) is 0 Å². The standard InChI is InChI=1S/C9H16N4O/c1-12-7-10-11-9(12)6-13-4-2-3-8(14)5-13/h7-8,14H,2-6H2,1H3/t8-/m0/s1. The number of nitrogens with zero attached hydrogens (tertiary/aromatic N) is 4. The highest BCUT2D eigenvalue weighted by Crippen LogP contribution is 2.11. The molecule has 0 aromatic carbocycles. The minimum absolute atomic E-state index is 0.169. The van der Waals surface area contributed by atoms with Crippen LogP contribution in [-0.2, 0) is 13.6 Å². The van der Waals surface area contributed by atoms with Gasteiger partial charge in [-0.15, -0.1) is 10.2 Å². The highest BCUT2D eigenvalue weighted by atomic mass is 16.3. The fourth-order valence-corrected chi connectivity index (χ4v) is 1.83. The third-order valence-electron chi connectivity index (χ3n) is 2.65. The van der Waals surface area contributed by atoms with Crippen LogP contribution in [0.15, 0.2) is 6.33 Å². The third-order valence-corrected chi connectivity index (χ3v) is 2.65. The number of hydrogen-bond acceptors (Lipinski definition) is 4.